The van der Waals surface area contributed by atoms with Crippen LogP contribution in [0.2, 0.25) is 19.6 Å². The molecule has 0 N–H and O–H groups in total. The third-order valence-corrected chi connectivity index (χ3v) is 6.10. The molecule has 0 saturated heterocycles. The third-order valence-electron chi connectivity index (χ3n) is 5.27. The number of alkyl halides is 6. The average Bonchev–Trinajstić information content (AvgIpc) is 2.64. The topological polar surface area (TPSA) is 9.23 Å². The second kappa shape index (κ2) is 9.41. The monoisotopic (exact) mass is 486 g/mol. The van der Waals surface area contributed by atoms with Gasteiger partial charge >= 0.3 is 12.4 Å². The number of rotatable bonds is 8. The molecular formula is C25H28F6OSi. The first-order chi connectivity index (χ1) is 15.1. The van der Waals surface area contributed by atoms with Crippen molar-refractivity contribution in [2.45, 2.75) is 57.2 Å². The second-order valence-electron chi connectivity index (χ2n) is 8.91. The van der Waals surface area contributed by atoms with Crippen LogP contribution in [0.5, 0.6) is 5.75 Å². The van der Waals surface area contributed by atoms with Gasteiger partial charge in [-0.3, -0.25) is 0 Å². The summed E-state index contributed by atoms with van der Waals surface area (Å²) < 4.78 is 93.3. The zero-order valence-electron chi connectivity index (χ0n) is 19.1. The third kappa shape index (κ3) is 5.37. The molecule has 0 heterocycles. The van der Waals surface area contributed by atoms with E-state index < -0.39 is 37.2 Å². The van der Waals surface area contributed by atoms with Crippen LogP contribution in [0, 0.1) is 6.92 Å². The number of benzene rings is 2. The lowest BCUT2D eigenvalue weighted by molar-refractivity contribution is -0.288. The van der Waals surface area contributed by atoms with Crippen molar-refractivity contribution in [1.29, 1.82) is 0 Å². The van der Waals surface area contributed by atoms with E-state index in [0.29, 0.717) is 11.1 Å². The predicted octanol–water partition coefficient (Wildman–Crippen LogP) is 8.08. The number of hydrogen-bond donors (Lipinski definition) is 0. The van der Waals surface area contributed by atoms with Gasteiger partial charge in [0.1, 0.15) is 5.75 Å². The predicted molar refractivity (Wildman–Crippen MR) is 122 cm³/mol. The molecule has 0 fully saturated rings. The van der Waals surface area contributed by atoms with Crippen molar-refractivity contribution in [1.82, 2.24) is 0 Å². The Morgan fingerprint density at radius 2 is 1.24 bits per heavy atom. The Bertz CT molecular complexity index is 1000. The fourth-order valence-electron chi connectivity index (χ4n) is 3.82. The molecule has 0 aliphatic heterocycles. The first-order valence-corrected chi connectivity index (χ1v) is 13.8. The van der Waals surface area contributed by atoms with E-state index in [4.69, 9.17) is 4.43 Å². The van der Waals surface area contributed by atoms with Crippen molar-refractivity contribution < 1.29 is 30.8 Å². The summed E-state index contributed by atoms with van der Waals surface area (Å²) in [6.45, 7) is 14.4. The summed E-state index contributed by atoms with van der Waals surface area (Å²) in [5.74, 6) is 0.271. The van der Waals surface area contributed by atoms with E-state index in [2.05, 4.69) is 13.2 Å². The van der Waals surface area contributed by atoms with Crippen LogP contribution in [0.25, 0.3) is 0 Å². The number of aryl methyl sites for hydroxylation is 1. The molecule has 0 amide bonds. The molecule has 0 spiro atoms. The van der Waals surface area contributed by atoms with E-state index in [1.807, 2.05) is 19.6 Å². The van der Waals surface area contributed by atoms with Crippen molar-refractivity contribution in [2.24, 2.45) is 0 Å². The van der Waals surface area contributed by atoms with E-state index in [1.54, 1.807) is 6.92 Å². The van der Waals surface area contributed by atoms with Crippen LogP contribution in [-0.2, 0) is 18.3 Å². The molecule has 180 valence electrons. The van der Waals surface area contributed by atoms with Gasteiger partial charge in [-0.05, 0) is 73.3 Å². The summed E-state index contributed by atoms with van der Waals surface area (Å²) in [4.78, 5) is 0. The van der Waals surface area contributed by atoms with Gasteiger partial charge in [-0.2, -0.15) is 26.3 Å². The van der Waals surface area contributed by atoms with Gasteiger partial charge in [0.15, 0.2) is 0 Å². The zero-order valence-corrected chi connectivity index (χ0v) is 20.1. The minimum absolute atomic E-state index is 0.0645. The highest BCUT2D eigenvalue weighted by Crippen LogP contribution is 2.56. The van der Waals surface area contributed by atoms with Crippen LogP contribution in [0.3, 0.4) is 0 Å². The van der Waals surface area contributed by atoms with Gasteiger partial charge in [0.2, 0.25) is 13.7 Å². The summed E-state index contributed by atoms with van der Waals surface area (Å²) in [5.41, 5.74) is -4.84. The SMILES string of the molecule is C=CCc1cc(C(c2ccc(O[Si](C)(C)C)c(CC=C)c2)(C(F)(F)F)C(F)(F)F)ccc1C. The molecule has 0 unspecified atom stereocenters. The minimum atomic E-state index is -5.65. The molecule has 33 heavy (non-hydrogen) atoms. The van der Waals surface area contributed by atoms with Crippen LogP contribution in [0.15, 0.2) is 61.7 Å². The average molecular weight is 487 g/mol. The smallest absolute Gasteiger partial charge is 0.411 e. The van der Waals surface area contributed by atoms with Gasteiger partial charge in [-0.15, -0.1) is 13.2 Å². The highest BCUT2D eigenvalue weighted by Gasteiger charge is 2.72. The first kappa shape index (κ1) is 26.8. The summed E-state index contributed by atoms with van der Waals surface area (Å²) >= 11 is 0. The number of hydrogen-bond acceptors (Lipinski definition) is 1. The molecule has 0 bridgehead atoms. The van der Waals surface area contributed by atoms with Crippen molar-refractivity contribution in [3.05, 3.63) is 89.5 Å². The Morgan fingerprint density at radius 3 is 1.70 bits per heavy atom. The Kier molecular flexibility index (Phi) is 7.63. The number of halogens is 6. The normalized spacial score (nSPS) is 13.0. The molecule has 0 aliphatic carbocycles. The Hall–Kier alpha value is -2.48. The molecule has 0 atom stereocenters. The molecule has 1 nitrogen and oxygen atoms in total. The molecule has 2 rings (SSSR count). The van der Waals surface area contributed by atoms with E-state index in [1.165, 1.54) is 24.3 Å². The molecule has 2 aromatic carbocycles. The highest BCUT2D eigenvalue weighted by atomic mass is 28.4. The van der Waals surface area contributed by atoms with Crippen LogP contribution >= 0.6 is 0 Å². The van der Waals surface area contributed by atoms with Gasteiger partial charge in [0, 0.05) is 0 Å². The Morgan fingerprint density at radius 1 is 0.788 bits per heavy atom. The molecule has 0 radical (unpaired) electrons. The fraction of sp³-hybridized carbons (Fsp3) is 0.360. The maximum atomic E-state index is 14.6. The lowest BCUT2D eigenvalue weighted by atomic mass is 9.71. The summed E-state index contributed by atoms with van der Waals surface area (Å²) in [6.07, 6.45) is -8.23. The standard InChI is InChI=1S/C25H28F6OSi/c1-7-9-18-15-20(12-11-17(18)3)23(24(26,27)28,25(29,30)31)21-13-14-22(32-33(4,5)6)19(16-21)10-8-2/h7-8,11-16H,1-2,9-10H2,3-6H3. The Labute approximate surface area is 191 Å². The molecule has 0 aromatic heterocycles. The van der Waals surface area contributed by atoms with Crippen molar-refractivity contribution >= 4 is 8.32 Å². The van der Waals surface area contributed by atoms with Gasteiger partial charge < -0.3 is 4.43 Å². The summed E-state index contributed by atoms with van der Waals surface area (Å²) in [5, 5.41) is 0. The van der Waals surface area contributed by atoms with E-state index in [0.717, 1.165) is 24.3 Å². The van der Waals surface area contributed by atoms with Crippen molar-refractivity contribution in [3.8, 4) is 5.75 Å². The van der Waals surface area contributed by atoms with Crippen LogP contribution in [-0.4, -0.2) is 20.7 Å². The van der Waals surface area contributed by atoms with E-state index in [9.17, 15) is 26.3 Å². The van der Waals surface area contributed by atoms with Crippen LogP contribution in [0.1, 0.15) is 27.8 Å². The van der Waals surface area contributed by atoms with E-state index >= 15 is 0 Å². The minimum Gasteiger partial charge on any atom is -0.544 e. The van der Waals surface area contributed by atoms with Gasteiger partial charge in [0.05, 0.1) is 0 Å². The van der Waals surface area contributed by atoms with Gasteiger partial charge in [-0.1, -0.05) is 42.5 Å². The molecule has 0 aliphatic rings. The first-order valence-electron chi connectivity index (χ1n) is 10.4. The maximum absolute atomic E-state index is 14.6. The lowest BCUT2D eigenvalue weighted by Gasteiger charge is -2.39. The summed E-state index contributed by atoms with van der Waals surface area (Å²) in [6, 6.07) is 6.20. The second-order valence-corrected chi connectivity index (χ2v) is 13.3. The number of allylic oxidation sites excluding steroid dienone is 2. The van der Waals surface area contributed by atoms with Crippen LogP contribution in [0.4, 0.5) is 26.3 Å². The van der Waals surface area contributed by atoms with Gasteiger partial charge in [-0.25, -0.2) is 0 Å². The highest BCUT2D eigenvalue weighted by molar-refractivity contribution is 6.70. The quantitative estimate of drug-likeness (QED) is 0.208. The lowest BCUT2D eigenvalue weighted by Crippen LogP contribution is -2.54. The maximum Gasteiger partial charge on any atom is 0.411 e. The molecular weight excluding hydrogens is 458 g/mol. The summed E-state index contributed by atoms with van der Waals surface area (Å²) in [7, 11) is -2.17. The van der Waals surface area contributed by atoms with Crippen LogP contribution < -0.4 is 4.43 Å². The van der Waals surface area contributed by atoms with E-state index in [-0.39, 0.29) is 24.2 Å². The van der Waals surface area contributed by atoms with Crippen molar-refractivity contribution in [3.63, 3.8) is 0 Å². The largest absolute Gasteiger partial charge is 0.544 e. The molecule has 0 saturated carbocycles. The van der Waals surface area contributed by atoms with Crippen molar-refractivity contribution in [2.75, 3.05) is 0 Å². The van der Waals surface area contributed by atoms with Gasteiger partial charge in [0.25, 0.3) is 0 Å². The fourth-order valence-corrected chi connectivity index (χ4v) is 4.68. The Balaban J connectivity index is 2.93. The zero-order chi connectivity index (χ0) is 25.2. The molecule has 8 heteroatoms. The molecule has 2 aromatic rings.